The van der Waals surface area contributed by atoms with Gasteiger partial charge in [0.25, 0.3) is 0 Å². The molecular weight excluding hydrogens is 438 g/mol. The number of carbonyl (C=O) groups is 1. The van der Waals surface area contributed by atoms with Crippen molar-refractivity contribution in [2.75, 3.05) is 38.1 Å². The number of nitrogens with zero attached hydrogens (tertiary/aromatic N) is 1. The van der Waals surface area contributed by atoms with E-state index in [-0.39, 0.29) is 12.0 Å². The first-order valence-electron chi connectivity index (χ1n) is 12.0. The van der Waals surface area contributed by atoms with Crippen LogP contribution >= 0.6 is 11.3 Å². The van der Waals surface area contributed by atoms with E-state index >= 15 is 0 Å². The molecule has 1 fully saturated rings. The van der Waals surface area contributed by atoms with Gasteiger partial charge < -0.3 is 25.2 Å². The number of hydrogen-bond donors (Lipinski definition) is 3. The fourth-order valence-electron chi connectivity index (χ4n) is 4.27. The van der Waals surface area contributed by atoms with Gasteiger partial charge >= 0.3 is 0 Å². The summed E-state index contributed by atoms with van der Waals surface area (Å²) in [6.07, 6.45) is 4.31. The Kier molecular flexibility index (Phi) is 8.61. The van der Waals surface area contributed by atoms with Crippen molar-refractivity contribution in [1.29, 1.82) is 0 Å². The zero-order chi connectivity index (χ0) is 23.0. The van der Waals surface area contributed by atoms with Crippen LogP contribution in [0.15, 0.2) is 35.7 Å². The molecule has 3 heterocycles. The third-order valence-electron chi connectivity index (χ3n) is 6.27. The fraction of sp³-hybridized carbons (Fsp3) is 0.560. The van der Waals surface area contributed by atoms with Crippen molar-refractivity contribution in [1.82, 2.24) is 10.2 Å². The van der Waals surface area contributed by atoms with Gasteiger partial charge in [-0.2, -0.15) is 0 Å². The predicted molar refractivity (Wildman–Crippen MR) is 131 cm³/mol. The number of aryl methyl sites for hydroxylation is 1. The van der Waals surface area contributed by atoms with Gasteiger partial charge in [0.15, 0.2) is 17.6 Å². The van der Waals surface area contributed by atoms with Crippen LogP contribution in [0.3, 0.4) is 0 Å². The Morgan fingerprint density at radius 1 is 1.27 bits per heavy atom. The van der Waals surface area contributed by atoms with Crippen LogP contribution in [-0.2, 0) is 11.2 Å². The number of ether oxygens (including phenoxy) is 2. The average molecular weight is 474 g/mol. The molecule has 0 bridgehead atoms. The molecule has 3 N–H and O–H groups in total. The molecule has 2 aliphatic rings. The number of aliphatic hydroxyl groups excluding tert-OH is 1. The number of rotatable bonds is 10. The van der Waals surface area contributed by atoms with Crippen LogP contribution in [0.25, 0.3) is 0 Å². The smallest absolute Gasteiger partial charge is 0.239 e. The number of piperidine rings is 1. The molecule has 33 heavy (non-hydrogen) atoms. The summed E-state index contributed by atoms with van der Waals surface area (Å²) < 4.78 is 11.6. The summed E-state index contributed by atoms with van der Waals surface area (Å²) in [7, 11) is 0. The van der Waals surface area contributed by atoms with Gasteiger partial charge in [-0.25, -0.2) is 0 Å². The van der Waals surface area contributed by atoms with E-state index in [4.69, 9.17) is 9.47 Å². The summed E-state index contributed by atoms with van der Waals surface area (Å²) in [4.78, 5) is 14.6. The predicted octanol–water partition coefficient (Wildman–Crippen LogP) is 3.28. The average Bonchev–Trinajstić information content (AvgIpc) is 3.28. The number of hydrogen-bond acceptors (Lipinski definition) is 7. The minimum Gasteiger partial charge on any atom is -0.486 e. The highest BCUT2D eigenvalue weighted by molar-refractivity contribution is 7.14. The van der Waals surface area contributed by atoms with Crippen LogP contribution in [0.4, 0.5) is 5.00 Å². The number of likely N-dealkylation sites (tertiary alicyclic amines) is 1. The van der Waals surface area contributed by atoms with Gasteiger partial charge in [0.2, 0.25) is 5.91 Å². The molecule has 2 aliphatic heterocycles. The third kappa shape index (κ3) is 6.93. The highest BCUT2D eigenvalue weighted by Gasteiger charge is 2.28. The minimum atomic E-state index is -0.643. The molecule has 0 spiro atoms. The van der Waals surface area contributed by atoms with E-state index in [1.165, 1.54) is 18.4 Å². The van der Waals surface area contributed by atoms with Crippen LogP contribution < -0.4 is 20.1 Å². The van der Waals surface area contributed by atoms with E-state index < -0.39 is 6.10 Å². The topological polar surface area (TPSA) is 83.1 Å². The second-order valence-corrected chi connectivity index (χ2v) is 9.82. The Morgan fingerprint density at radius 3 is 2.85 bits per heavy atom. The first kappa shape index (κ1) is 24.0. The Morgan fingerprint density at radius 2 is 2.06 bits per heavy atom. The molecule has 0 radical (unpaired) electrons. The molecule has 8 heteroatoms. The van der Waals surface area contributed by atoms with Gasteiger partial charge in [0.05, 0.1) is 11.5 Å². The van der Waals surface area contributed by atoms with E-state index in [0.717, 1.165) is 43.1 Å². The maximum atomic E-state index is 12.4. The monoisotopic (exact) mass is 473 g/mol. The van der Waals surface area contributed by atoms with Crippen LogP contribution in [0.2, 0.25) is 0 Å². The van der Waals surface area contributed by atoms with Crippen molar-refractivity contribution in [2.24, 2.45) is 0 Å². The second kappa shape index (κ2) is 11.8. The number of amides is 1. The van der Waals surface area contributed by atoms with Crippen LogP contribution in [0.1, 0.15) is 38.2 Å². The maximum Gasteiger partial charge on any atom is 0.239 e. The molecule has 180 valence electrons. The lowest BCUT2D eigenvalue weighted by molar-refractivity contribution is -0.117. The number of thiophene rings is 1. The summed E-state index contributed by atoms with van der Waals surface area (Å²) in [5, 5.41) is 20.1. The summed E-state index contributed by atoms with van der Waals surface area (Å²) >= 11 is 1.60. The minimum absolute atomic E-state index is 0.0513. The molecule has 2 atom stereocenters. The SMILES string of the molecule is CCCCc1csc(NC(=O)CN2CCC(NCC(O)C3COc4ccccc4O3)CC2)c1. The molecule has 0 aliphatic carbocycles. The lowest BCUT2D eigenvalue weighted by Crippen LogP contribution is -2.50. The first-order chi connectivity index (χ1) is 16.1. The van der Waals surface area contributed by atoms with Crippen molar-refractivity contribution in [3.8, 4) is 11.5 Å². The molecule has 1 aromatic carbocycles. The summed E-state index contributed by atoms with van der Waals surface area (Å²) in [5.41, 5.74) is 1.31. The summed E-state index contributed by atoms with van der Waals surface area (Å²) in [6.45, 7) is 5.14. The Bertz CT molecular complexity index is 897. The van der Waals surface area contributed by atoms with Crippen molar-refractivity contribution in [3.63, 3.8) is 0 Å². The highest BCUT2D eigenvalue weighted by Crippen LogP contribution is 2.31. The summed E-state index contributed by atoms with van der Waals surface area (Å²) in [5.74, 6) is 1.45. The van der Waals surface area contributed by atoms with Gasteiger partial charge in [0, 0.05) is 25.7 Å². The largest absolute Gasteiger partial charge is 0.486 e. The molecule has 1 saturated heterocycles. The van der Waals surface area contributed by atoms with E-state index in [2.05, 4.69) is 33.9 Å². The molecule has 4 rings (SSSR count). The number of unbranched alkanes of at least 4 members (excludes halogenated alkanes) is 1. The van der Waals surface area contributed by atoms with Crippen molar-refractivity contribution in [2.45, 2.75) is 57.3 Å². The first-order valence-corrected chi connectivity index (χ1v) is 12.9. The number of para-hydroxylation sites is 2. The molecule has 1 aromatic heterocycles. The lowest BCUT2D eigenvalue weighted by atomic mass is 10.0. The maximum absolute atomic E-state index is 12.4. The van der Waals surface area contributed by atoms with Crippen LogP contribution in [0, 0.1) is 0 Å². The molecule has 0 saturated carbocycles. The van der Waals surface area contributed by atoms with Crippen molar-refractivity contribution in [3.05, 3.63) is 41.3 Å². The number of carbonyl (C=O) groups excluding carboxylic acids is 1. The van der Waals surface area contributed by atoms with Crippen molar-refractivity contribution >= 4 is 22.2 Å². The Balaban J connectivity index is 1.13. The lowest BCUT2D eigenvalue weighted by Gasteiger charge is -2.34. The van der Waals surface area contributed by atoms with Gasteiger partial charge in [-0.15, -0.1) is 11.3 Å². The summed E-state index contributed by atoms with van der Waals surface area (Å²) in [6, 6.07) is 9.96. The zero-order valence-corrected chi connectivity index (χ0v) is 20.1. The third-order valence-corrected chi connectivity index (χ3v) is 7.16. The standard InChI is InChI=1S/C25H35N3O4S/c1-2-3-6-18-13-25(33-17-18)27-24(30)15-28-11-9-19(10-12-28)26-14-20(29)23-16-31-21-7-4-5-8-22(21)32-23/h4-5,7-8,13,17,19-20,23,26,29H,2-3,6,9-12,14-16H2,1H3,(H,27,30). The molecule has 2 aromatic rings. The van der Waals surface area contributed by atoms with E-state index in [9.17, 15) is 9.90 Å². The zero-order valence-electron chi connectivity index (χ0n) is 19.3. The fourth-order valence-corrected chi connectivity index (χ4v) is 5.13. The second-order valence-electron chi connectivity index (χ2n) is 8.91. The van der Waals surface area contributed by atoms with Gasteiger partial charge in [0.1, 0.15) is 12.7 Å². The van der Waals surface area contributed by atoms with Crippen LogP contribution in [0.5, 0.6) is 11.5 Å². The van der Waals surface area contributed by atoms with Gasteiger partial charge in [-0.05, 0) is 54.8 Å². The molecular formula is C25H35N3O4S. The highest BCUT2D eigenvalue weighted by atomic mass is 32.1. The normalized spacial score (nSPS) is 19.9. The number of anilines is 1. The van der Waals surface area contributed by atoms with Crippen LogP contribution in [-0.4, -0.2) is 66.9 Å². The number of benzene rings is 1. The van der Waals surface area contributed by atoms with E-state index in [1.54, 1.807) is 11.3 Å². The molecule has 2 unspecified atom stereocenters. The van der Waals surface area contributed by atoms with Gasteiger partial charge in [-0.3, -0.25) is 9.69 Å². The number of aliphatic hydroxyl groups is 1. The van der Waals surface area contributed by atoms with E-state index in [1.807, 2.05) is 24.3 Å². The molecule has 7 nitrogen and oxygen atoms in total. The number of fused-ring (bicyclic) bond motifs is 1. The Labute approximate surface area is 200 Å². The van der Waals surface area contributed by atoms with E-state index in [0.29, 0.717) is 31.5 Å². The van der Waals surface area contributed by atoms with Gasteiger partial charge in [-0.1, -0.05) is 25.5 Å². The Hall–Kier alpha value is -2.13. The quantitative estimate of drug-likeness (QED) is 0.491. The number of nitrogens with one attached hydrogen (secondary N) is 2. The molecule has 1 amide bonds. The van der Waals surface area contributed by atoms with Crippen molar-refractivity contribution < 1.29 is 19.4 Å².